The molecule has 2 fully saturated rings. The van der Waals surface area contributed by atoms with E-state index < -0.39 is 0 Å². The highest BCUT2D eigenvalue weighted by molar-refractivity contribution is 5.21. The summed E-state index contributed by atoms with van der Waals surface area (Å²) < 4.78 is 19.1. The second kappa shape index (κ2) is 9.51. The molecule has 0 bridgehead atoms. The molecule has 1 aromatic rings. The van der Waals surface area contributed by atoms with E-state index in [2.05, 4.69) is 6.07 Å². The molecule has 2 saturated carbocycles. The fourth-order valence-electron chi connectivity index (χ4n) is 5.34. The first-order chi connectivity index (χ1) is 13.2. The number of benzene rings is 1. The first-order valence-electron chi connectivity index (χ1n) is 10.5. The van der Waals surface area contributed by atoms with Crippen molar-refractivity contribution in [1.82, 2.24) is 0 Å². The van der Waals surface area contributed by atoms with Crippen molar-refractivity contribution in [2.45, 2.75) is 75.7 Å². The average molecular weight is 370 g/mol. The van der Waals surface area contributed by atoms with Crippen LogP contribution in [0.5, 0.6) is 0 Å². The predicted octanol–water partition coefficient (Wildman–Crippen LogP) is 6.53. The van der Waals surface area contributed by atoms with Gasteiger partial charge in [0.25, 0.3) is 0 Å². The predicted molar refractivity (Wildman–Crippen MR) is 107 cm³/mol. The maximum Gasteiger partial charge on any atom is 0.123 e. The molecule has 27 heavy (non-hydrogen) atoms. The Hall–Kier alpha value is -1.66. The van der Waals surface area contributed by atoms with Crippen molar-refractivity contribution in [3.8, 4) is 6.07 Å². The van der Waals surface area contributed by atoms with Crippen LogP contribution in [-0.4, -0.2) is 12.7 Å². The summed E-state index contributed by atoms with van der Waals surface area (Å²) in [7, 11) is 1.85. The topological polar surface area (TPSA) is 33.0 Å². The number of hydrogen-bond donors (Lipinski definition) is 0. The summed E-state index contributed by atoms with van der Waals surface area (Å²) in [5.41, 5.74) is 1.32. The van der Waals surface area contributed by atoms with Gasteiger partial charge < -0.3 is 4.74 Å². The number of nitriles is 1. The molecule has 3 heteroatoms. The van der Waals surface area contributed by atoms with Gasteiger partial charge in [-0.05, 0) is 99.7 Å². The van der Waals surface area contributed by atoms with E-state index in [0.717, 1.165) is 37.5 Å². The molecule has 1 aromatic carbocycles. The van der Waals surface area contributed by atoms with Crippen LogP contribution in [0.1, 0.15) is 75.7 Å². The van der Waals surface area contributed by atoms with Crippen molar-refractivity contribution < 1.29 is 9.13 Å². The number of ether oxygens (including phenoxy) is 1. The Labute approximate surface area is 163 Å². The van der Waals surface area contributed by atoms with E-state index in [9.17, 15) is 4.39 Å². The van der Waals surface area contributed by atoms with Crippen LogP contribution < -0.4 is 0 Å². The standard InChI is InChI=1S/C24H32FNO/c1-27-24(15-3-2-4-18-26)16-13-22(14-17-24)20-7-5-19(6-8-20)21-9-11-23(25)12-10-21/h2,4,9-12,19-20,22H,3,5-8,13-17H2,1H3. The second-order valence-electron chi connectivity index (χ2n) is 8.46. The summed E-state index contributed by atoms with van der Waals surface area (Å²) in [6.45, 7) is 0. The minimum atomic E-state index is -0.139. The maximum absolute atomic E-state index is 13.1. The first-order valence-corrected chi connectivity index (χ1v) is 10.5. The molecular weight excluding hydrogens is 337 g/mol. The van der Waals surface area contributed by atoms with Gasteiger partial charge in [0.15, 0.2) is 0 Å². The zero-order valence-electron chi connectivity index (χ0n) is 16.5. The van der Waals surface area contributed by atoms with Crippen molar-refractivity contribution in [2.24, 2.45) is 11.8 Å². The minimum absolute atomic E-state index is 0.0155. The Morgan fingerprint density at radius 3 is 2.30 bits per heavy atom. The number of halogens is 1. The highest BCUT2D eigenvalue weighted by atomic mass is 19.1. The molecular formula is C24H32FNO. The molecule has 0 amide bonds. The van der Waals surface area contributed by atoms with Gasteiger partial charge in [0.2, 0.25) is 0 Å². The molecule has 0 atom stereocenters. The monoisotopic (exact) mass is 369 g/mol. The van der Waals surface area contributed by atoms with Crippen molar-refractivity contribution >= 4 is 0 Å². The van der Waals surface area contributed by atoms with E-state index in [-0.39, 0.29) is 11.4 Å². The Kier molecular flexibility index (Phi) is 7.07. The van der Waals surface area contributed by atoms with E-state index in [1.54, 1.807) is 18.2 Å². The Bertz CT molecular complexity index is 644. The lowest BCUT2D eigenvalue weighted by molar-refractivity contribution is -0.0614. The molecule has 146 valence electrons. The Balaban J connectivity index is 1.47. The highest BCUT2D eigenvalue weighted by Gasteiger charge is 2.38. The van der Waals surface area contributed by atoms with Crippen LogP contribution in [0.2, 0.25) is 0 Å². The van der Waals surface area contributed by atoms with Gasteiger partial charge in [-0.1, -0.05) is 18.2 Å². The van der Waals surface area contributed by atoms with Gasteiger partial charge in [0, 0.05) is 13.2 Å². The highest BCUT2D eigenvalue weighted by Crippen LogP contribution is 2.46. The lowest BCUT2D eigenvalue weighted by Gasteiger charge is -2.43. The van der Waals surface area contributed by atoms with E-state index in [0.29, 0.717) is 5.92 Å². The zero-order valence-corrected chi connectivity index (χ0v) is 16.5. The van der Waals surface area contributed by atoms with Gasteiger partial charge >= 0.3 is 0 Å². The Morgan fingerprint density at radius 2 is 1.70 bits per heavy atom. The molecule has 0 aromatic heterocycles. The molecule has 0 aliphatic heterocycles. The van der Waals surface area contributed by atoms with Crippen LogP contribution in [0, 0.1) is 29.0 Å². The van der Waals surface area contributed by atoms with Crippen LogP contribution in [-0.2, 0) is 4.74 Å². The quantitative estimate of drug-likeness (QED) is 0.534. The summed E-state index contributed by atoms with van der Waals surface area (Å²) in [6, 6.07) is 9.19. The third-order valence-corrected chi connectivity index (χ3v) is 7.11. The summed E-state index contributed by atoms with van der Waals surface area (Å²) in [6.07, 6.45) is 15.4. The number of hydrogen-bond acceptors (Lipinski definition) is 2. The number of allylic oxidation sites excluding steroid dienone is 2. The molecule has 2 nitrogen and oxygen atoms in total. The lowest BCUT2D eigenvalue weighted by Crippen LogP contribution is -2.38. The molecule has 0 saturated heterocycles. The lowest BCUT2D eigenvalue weighted by atomic mass is 9.66. The summed E-state index contributed by atoms with van der Waals surface area (Å²) in [4.78, 5) is 0. The molecule has 0 spiro atoms. The van der Waals surface area contributed by atoms with Gasteiger partial charge in [-0.25, -0.2) is 4.39 Å². The first kappa shape index (κ1) is 20.1. The molecule has 3 rings (SSSR count). The van der Waals surface area contributed by atoms with Gasteiger partial charge in [0.1, 0.15) is 5.82 Å². The van der Waals surface area contributed by atoms with Crippen molar-refractivity contribution in [3.63, 3.8) is 0 Å². The minimum Gasteiger partial charge on any atom is -0.378 e. The van der Waals surface area contributed by atoms with Gasteiger partial charge in [-0.2, -0.15) is 5.26 Å². The molecule has 0 unspecified atom stereocenters. The van der Waals surface area contributed by atoms with E-state index in [1.807, 2.05) is 25.3 Å². The maximum atomic E-state index is 13.1. The van der Waals surface area contributed by atoms with Gasteiger partial charge in [-0.3, -0.25) is 0 Å². The van der Waals surface area contributed by atoms with Crippen molar-refractivity contribution in [1.29, 1.82) is 5.26 Å². The Morgan fingerprint density at radius 1 is 1.07 bits per heavy atom. The smallest absolute Gasteiger partial charge is 0.123 e. The zero-order chi connectivity index (χ0) is 19.1. The van der Waals surface area contributed by atoms with Crippen molar-refractivity contribution in [3.05, 3.63) is 47.8 Å². The second-order valence-corrected chi connectivity index (χ2v) is 8.46. The third kappa shape index (κ3) is 5.20. The largest absolute Gasteiger partial charge is 0.378 e. The van der Waals surface area contributed by atoms with E-state index >= 15 is 0 Å². The fourth-order valence-corrected chi connectivity index (χ4v) is 5.34. The third-order valence-electron chi connectivity index (χ3n) is 7.11. The molecule has 2 aliphatic carbocycles. The molecule has 0 N–H and O–H groups in total. The van der Waals surface area contributed by atoms with E-state index in [1.165, 1.54) is 44.1 Å². The average Bonchev–Trinajstić information content (AvgIpc) is 2.72. The molecule has 2 aliphatic rings. The van der Waals surface area contributed by atoms with Crippen molar-refractivity contribution in [2.75, 3.05) is 7.11 Å². The summed E-state index contributed by atoms with van der Waals surface area (Å²) >= 11 is 0. The van der Waals surface area contributed by atoms with Crippen LogP contribution in [0.4, 0.5) is 4.39 Å². The van der Waals surface area contributed by atoms with Crippen LogP contribution in [0.15, 0.2) is 36.4 Å². The number of rotatable bonds is 6. The SMILES string of the molecule is COC1(CCC=CC#N)CCC(C2CCC(c3ccc(F)cc3)CC2)CC1. The van der Waals surface area contributed by atoms with Crippen LogP contribution in [0.3, 0.4) is 0 Å². The fraction of sp³-hybridized carbons (Fsp3) is 0.625. The normalized spacial score (nSPS) is 31.7. The molecule has 0 heterocycles. The number of methoxy groups -OCH3 is 1. The summed E-state index contributed by atoms with van der Waals surface area (Å²) in [5.74, 6) is 2.14. The van der Waals surface area contributed by atoms with Gasteiger partial charge in [0.05, 0.1) is 11.7 Å². The number of nitrogens with zero attached hydrogens (tertiary/aromatic N) is 1. The van der Waals surface area contributed by atoms with Crippen LogP contribution >= 0.6 is 0 Å². The van der Waals surface area contributed by atoms with Gasteiger partial charge in [-0.15, -0.1) is 0 Å². The van der Waals surface area contributed by atoms with E-state index in [4.69, 9.17) is 10.00 Å². The van der Waals surface area contributed by atoms with Crippen LogP contribution in [0.25, 0.3) is 0 Å². The summed E-state index contributed by atoms with van der Waals surface area (Å²) in [5, 5.41) is 8.62. The molecule has 0 radical (unpaired) electrons.